The average Bonchev–Trinajstić information content (AvgIpc) is 2.00. The minimum Gasteiger partial charge on any atom is -0.482 e. The van der Waals surface area contributed by atoms with Crippen LogP contribution in [0.15, 0.2) is 12.5 Å². The highest BCUT2D eigenvalue weighted by molar-refractivity contribution is 5.88. The Balaban J connectivity index is 3.31. The lowest BCUT2D eigenvalue weighted by Crippen LogP contribution is -2.64. The first-order chi connectivity index (χ1) is 6.63. The minimum atomic E-state index is -0.825. The molecule has 1 N–H and O–H groups in total. The van der Waals surface area contributed by atoms with Crippen LogP contribution in [0.3, 0.4) is 0 Å². The summed E-state index contributed by atoms with van der Waals surface area (Å²) in [7, 11) is 0. The van der Waals surface area contributed by atoms with Crippen LogP contribution in [-0.4, -0.2) is 11.5 Å². The number of hydrogen-bond donors (Lipinski definition) is 1. The highest BCUT2D eigenvalue weighted by atomic mass is 16.5. The van der Waals surface area contributed by atoms with Crippen molar-refractivity contribution >= 4 is 5.91 Å². The zero-order chi connectivity index (χ0) is 11.9. The molecule has 0 unspecified atom stereocenters. The van der Waals surface area contributed by atoms with Crippen LogP contribution in [0.1, 0.15) is 41.5 Å². The zero-order valence-electron chi connectivity index (χ0n) is 10.5. The fourth-order valence-corrected chi connectivity index (χ4v) is 2.56. The van der Waals surface area contributed by atoms with E-state index in [1.807, 2.05) is 41.5 Å². The fourth-order valence-electron chi connectivity index (χ4n) is 2.56. The van der Waals surface area contributed by atoms with Crippen molar-refractivity contribution in [1.82, 2.24) is 5.32 Å². The summed E-state index contributed by atoms with van der Waals surface area (Å²) in [5.41, 5.74) is -1.35. The van der Waals surface area contributed by atoms with Gasteiger partial charge in [0.15, 0.2) is 5.60 Å². The second-order valence-corrected chi connectivity index (χ2v) is 6.08. The van der Waals surface area contributed by atoms with E-state index in [0.717, 1.165) is 0 Å². The Bertz CT molecular complexity index is 278. The van der Waals surface area contributed by atoms with E-state index in [9.17, 15) is 4.79 Å². The van der Waals surface area contributed by atoms with Gasteiger partial charge in [0, 0.05) is 17.0 Å². The first kappa shape index (κ1) is 12.1. The van der Waals surface area contributed by atoms with Crippen molar-refractivity contribution in [2.75, 3.05) is 0 Å². The number of ether oxygens (including phenoxy) is 1. The highest BCUT2D eigenvalue weighted by Crippen LogP contribution is 2.47. The SMILES string of the molecule is CC(C)(C)C1(C(C)(C)C)OC=CNC1=O. The van der Waals surface area contributed by atoms with E-state index in [1.54, 1.807) is 6.26 Å². The van der Waals surface area contributed by atoms with Gasteiger partial charge in [-0.2, -0.15) is 0 Å². The lowest BCUT2D eigenvalue weighted by molar-refractivity contribution is -0.178. The van der Waals surface area contributed by atoms with Gasteiger partial charge in [-0.25, -0.2) is 0 Å². The van der Waals surface area contributed by atoms with E-state index in [0.29, 0.717) is 0 Å². The third kappa shape index (κ3) is 1.64. The summed E-state index contributed by atoms with van der Waals surface area (Å²) in [6, 6.07) is 0. The van der Waals surface area contributed by atoms with E-state index < -0.39 is 5.60 Å². The van der Waals surface area contributed by atoms with Crippen LogP contribution in [0.25, 0.3) is 0 Å². The number of hydrogen-bond acceptors (Lipinski definition) is 2. The Morgan fingerprint density at radius 3 is 1.87 bits per heavy atom. The van der Waals surface area contributed by atoms with Crippen molar-refractivity contribution in [3.8, 4) is 0 Å². The first-order valence-corrected chi connectivity index (χ1v) is 5.27. The second-order valence-electron chi connectivity index (χ2n) is 6.08. The molecule has 0 aromatic heterocycles. The standard InChI is InChI=1S/C12H21NO2/c1-10(2,3)12(11(4,5)6)9(14)13-7-8-15-12/h7-8H,1-6H3,(H,13,14). The maximum absolute atomic E-state index is 12.1. The molecule has 15 heavy (non-hydrogen) atoms. The van der Waals surface area contributed by atoms with Crippen LogP contribution in [0.2, 0.25) is 0 Å². The van der Waals surface area contributed by atoms with Gasteiger partial charge in [0.25, 0.3) is 5.91 Å². The summed E-state index contributed by atoms with van der Waals surface area (Å²) in [6.45, 7) is 12.1. The van der Waals surface area contributed by atoms with Gasteiger partial charge in [0.2, 0.25) is 0 Å². The Kier molecular flexibility index (Phi) is 2.62. The Hall–Kier alpha value is -0.990. The topological polar surface area (TPSA) is 38.3 Å². The van der Waals surface area contributed by atoms with Gasteiger partial charge in [-0.05, 0) is 0 Å². The van der Waals surface area contributed by atoms with Gasteiger partial charge >= 0.3 is 0 Å². The van der Waals surface area contributed by atoms with Gasteiger partial charge in [-0.15, -0.1) is 0 Å². The number of nitrogens with one attached hydrogen (secondary N) is 1. The first-order valence-electron chi connectivity index (χ1n) is 5.27. The number of rotatable bonds is 0. The van der Waals surface area contributed by atoms with E-state index in [4.69, 9.17) is 4.74 Å². The van der Waals surface area contributed by atoms with Crippen molar-refractivity contribution in [3.05, 3.63) is 12.5 Å². The van der Waals surface area contributed by atoms with Crippen LogP contribution in [0.4, 0.5) is 0 Å². The number of carbonyl (C=O) groups is 1. The summed E-state index contributed by atoms with van der Waals surface area (Å²) < 4.78 is 5.71. The van der Waals surface area contributed by atoms with Crippen molar-refractivity contribution in [3.63, 3.8) is 0 Å². The molecule has 3 heteroatoms. The molecule has 3 nitrogen and oxygen atoms in total. The average molecular weight is 211 g/mol. The van der Waals surface area contributed by atoms with Crippen LogP contribution in [0, 0.1) is 10.8 Å². The van der Waals surface area contributed by atoms with E-state index >= 15 is 0 Å². The predicted molar refractivity (Wildman–Crippen MR) is 60.0 cm³/mol. The monoisotopic (exact) mass is 211 g/mol. The summed E-state index contributed by atoms with van der Waals surface area (Å²) >= 11 is 0. The molecule has 1 rings (SSSR count). The summed E-state index contributed by atoms with van der Waals surface area (Å²) in [6.07, 6.45) is 3.11. The molecule has 0 radical (unpaired) electrons. The second kappa shape index (κ2) is 3.26. The number of amides is 1. The molecule has 0 saturated heterocycles. The molecule has 0 aliphatic carbocycles. The van der Waals surface area contributed by atoms with Crippen molar-refractivity contribution in [2.45, 2.75) is 47.1 Å². The highest BCUT2D eigenvalue weighted by Gasteiger charge is 2.59. The maximum atomic E-state index is 12.1. The van der Waals surface area contributed by atoms with Crippen molar-refractivity contribution < 1.29 is 9.53 Å². The van der Waals surface area contributed by atoms with Crippen molar-refractivity contribution in [1.29, 1.82) is 0 Å². The summed E-state index contributed by atoms with van der Waals surface area (Å²) in [5.74, 6) is -0.0648. The Morgan fingerprint density at radius 1 is 1.13 bits per heavy atom. The van der Waals surface area contributed by atoms with Crippen LogP contribution in [-0.2, 0) is 9.53 Å². The van der Waals surface area contributed by atoms with Gasteiger partial charge in [-0.1, -0.05) is 41.5 Å². The summed E-state index contributed by atoms with van der Waals surface area (Å²) in [4.78, 5) is 12.1. The maximum Gasteiger partial charge on any atom is 0.269 e. The molecule has 0 bridgehead atoms. The quantitative estimate of drug-likeness (QED) is 0.668. The van der Waals surface area contributed by atoms with Gasteiger partial charge in [0.05, 0.1) is 0 Å². The number of carbonyl (C=O) groups excluding carboxylic acids is 1. The third-order valence-corrected chi connectivity index (χ3v) is 2.96. The smallest absolute Gasteiger partial charge is 0.269 e. The molecule has 1 heterocycles. The van der Waals surface area contributed by atoms with Crippen LogP contribution < -0.4 is 5.32 Å². The molecular formula is C12H21NO2. The van der Waals surface area contributed by atoms with E-state index in [1.165, 1.54) is 6.20 Å². The molecule has 0 fully saturated rings. The van der Waals surface area contributed by atoms with Gasteiger partial charge in [0.1, 0.15) is 6.26 Å². The van der Waals surface area contributed by atoms with Crippen molar-refractivity contribution in [2.24, 2.45) is 10.8 Å². The molecule has 0 aromatic carbocycles. The van der Waals surface area contributed by atoms with E-state index in [-0.39, 0.29) is 16.7 Å². The normalized spacial score (nSPS) is 20.8. The molecule has 0 spiro atoms. The van der Waals surface area contributed by atoms with E-state index in [2.05, 4.69) is 5.32 Å². The molecule has 0 atom stereocenters. The molecule has 1 aliphatic heterocycles. The molecule has 1 amide bonds. The third-order valence-electron chi connectivity index (χ3n) is 2.96. The lowest BCUT2D eigenvalue weighted by atomic mass is 9.61. The zero-order valence-corrected chi connectivity index (χ0v) is 10.5. The largest absolute Gasteiger partial charge is 0.482 e. The molecule has 0 saturated carbocycles. The van der Waals surface area contributed by atoms with Gasteiger partial charge in [-0.3, -0.25) is 4.79 Å². The Labute approximate surface area is 91.9 Å². The van der Waals surface area contributed by atoms with Crippen LogP contribution in [0.5, 0.6) is 0 Å². The predicted octanol–water partition coefficient (Wildman–Crippen LogP) is 2.44. The van der Waals surface area contributed by atoms with Gasteiger partial charge < -0.3 is 10.1 Å². The van der Waals surface area contributed by atoms with Crippen LogP contribution >= 0.6 is 0 Å². The molecule has 0 aromatic rings. The fraction of sp³-hybridized carbons (Fsp3) is 0.750. The lowest BCUT2D eigenvalue weighted by Gasteiger charge is -2.51. The Morgan fingerprint density at radius 2 is 1.60 bits per heavy atom. The minimum absolute atomic E-state index is 0.0648. The molecular weight excluding hydrogens is 190 g/mol. The molecule has 86 valence electrons. The molecule has 1 aliphatic rings. The summed E-state index contributed by atoms with van der Waals surface area (Å²) in [5, 5.41) is 2.74.